The van der Waals surface area contributed by atoms with E-state index in [4.69, 9.17) is 0 Å². The van der Waals surface area contributed by atoms with Crippen molar-refractivity contribution in [1.29, 1.82) is 0 Å². The van der Waals surface area contributed by atoms with Crippen molar-refractivity contribution in [2.24, 2.45) is 5.41 Å². The smallest absolute Gasteiger partial charge is 0.0115 e. The molecule has 1 aliphatic carbocycles. The lowest BCUT2D eigenvalue weighted by atomic mass is 9.75. The highest BCUT2D eigenvalue weighted by Crippen LogP contribution is 2.35. The molecule has 1 N–H and O–H groups in total. The van der Waals surface area contributed by atoms with Crippen LogP contribution in [0.1, 0.15) is 58.3 Å². The topological polar surface area (TPSA) is 12.0 Å². The molecule has 1 unspecified atom stereocenters. The van der Waals surface area contributed by atoms with Crippen molar-refractivity contribution in [3.8, 4) is 0 Å². The van der Waals surface area contributed by atoms with Crippen LogP contribution in [0.25, 0.3) is 0 Å². The summed E-state index contributed by atoms with van der Waals surface area (Å²) in [5.41, 5.74) is 0.790. The van der Waals surface area contributed by atoms with Crippen LogP contribution in [0.2, 0.25) is 0 Å². The summed E-state index contributed by atoms with van der Waals surface area (Å²) in [6.45, 7) is 10.6. The van der Waals surface area contributed by atoms with Crippen molar-refractivity contribution in [2.75, 3.05) is 6.54 Å². The molecular weight excluding hydrogens is 238 g/mol. The average Bonchev–Trinajstić information content (AvgIpc) is 2.79. The summed E-state index contributed by atoms with van der Waals surface area (Å²) >= 11 is 1.88. The van der Waals surface area contributed by atoms with Crippen LogP contribution in [-0.4, -0.2) is 12.6 Å². The number of hydrogen-bond donors (Lipinski definition) is 1. The predicted octanol–water partition coefficient (Wildman–Crippen LogP) is 4.58. The summed E-state index contributed by atoms with van der Waals surface area (Å²) in [6, 6.07) is 5.13. The van der Waals surface area contributed by atoms with Crippen LogP contribution >= 0.6 is 11.3 Å². The molecule has 0 aliphatic heterocycles. The van der Waals surface area contributed by atoms with Crippen molar-refractivity contribution >= 4 is 11.3 Å². The van der Waals surface area contributed by atoms with Gasteiger partial charge in [0, 0.05) is 22.9 Å². The Bertz CT molecular complexity index is 364. The molecule has 0 spiro atoms. The lowest BCUT2D eigenvalue weighted by Gasteiger charge is -2.37. The summed E-state index contributed by atoms with van der Waals surface area (Å²) in [4.78, 5) is 1.49. The molecule has 0 aromatic carbocycles. The lowest BCUT2D eigenvalue weighted by Crippen LogP contribution is -2.42. The van der Waals surface area contributed by atoms with Gasteiger partial charge in [0.05, 0.1) is 0 Å². The number of hydrogen-bond acceptors (Lipinski definition) is 2. The van der Waals surface area contributed by atoms with Crippen LogP contribution in [0.3, 0.4) is 0 Å². The minimum absolute atomic E-state index is 0.260. The maximum Gasteiger partial charge on any atom is 0.0115 e. The molecule has 1 heterocycles. The maximum absolute atomic E-state index is 3.81. The van der Waals surface area contributed by atoms with Crippen molar-refractivity contribution in [3.05, 3.63) is 22.4 Å². The van der Waals surface area contributed by atoms with Crippen LogP contribution in [-0.2, 0) is 5.41 Å². The lowest BCUT2D eigenvalue weighted by molar-refractivity contribution is 0.193. The van der Waals surface area contributed by atoms with Gasteiger partial charge in [0.2, 0.25) is 0 Å². The monoisotopic (exact) mass is 265 g/mol. The van der Waals surface area contributed by atoms with E-state index in [9.17, 15) is 0 Å². The molecule has 2 rings (SSSR count). The quantitative estimate of drug-likeness (QED) is 0.840. The highest BCUT2D eigenvalue weighted by molar-refractivity contribution is 7.10. The minimum Gasteiger partial charge on any atom is -0.313 e. The second-order valence-corrected chi connectivity index (χ2v) is 8.15. The highest BCUT2D eigenvalue weighted by atomic mass is 32.1. The first-order valence-electron chi connectivity index (χ1n) is 7.16. The number of nitrogens with one attached hydrogen (secondary N) is 1. The Morgan fingerprint density at radius 2 is 2.22 bits per heavy atom. The molecule has 18 heavy (non-hydrogen) atoms. The van der Waals surface area contributed by atoms with E-state index in [1.807, 2.05) is 11.3 Å². The molecule has 1 nitrogen and oxygen atoms in total. The second-order valence-electron chi connectivity index (χ2n) is 7.20. The van der Waals surface area contributed by atoms with Crippen LogP contribution < -0.4 is 5.32 Å². The largest absolute Gasteiger partial charge is 0.313 e. The summed E-state index contributed by atoms with van der Waals surface area (Å²) in [5, 5.41) is 5.99. The molecule has 1 aliphatic rings. The van der Waals surface area contributed by atoms with Gasteiger partial charge in [-0.25, -0.2) is 0 Å². The highest BCUT2D eigenvalue weighted by Gasteiger charge is 2.29. The predicted molar refractivity (Wildman–Crippen MR) is 81.4 cm³/mol. The van der Waals surface area contributed by atoms with Gasteiger partial charge in [-0.1, -0.05) is 40.2 Å². The van der Waals surface area contributed by atoms with Gasteiger partial charge in [-0.3, -0.25) is 0 Å². The molecule has 102 valence electrons. The Morgan fingerprint density at radius 1 is 1.44 bits per heavy atom. The van der Waals surface area contributed by atoms with E-state index in [2.05, 4.69) is 50.5 Å². The minimum atomic E-state index is 0.260. The van der Waals surface area contributed by atoms with E-state index < -0.39 is 0 Å². The zero-order chi connectivity index (χ0) is 13.2. The van der Waals surface area contributed by atoms with Crippen molar-refractivity contribution in [3.63, 3.8) is 0 Å². The van der Waals surface area contributed by atoms with Crippen LogP contribution in [0.4, 0.5) is 0 Å². The molecule has 0 saturated heterocycles. The fourth-order valence-electron chi connectivity index (χ4n) is 3.02. The van der Waals surface area contributed by atoms with Crippen molar-refractivity contribution in [2.45, 2.75) is 64.8 Å². The summed E-state index contributed by atoms with van der Waals surface area (Å²) < 4.78 is 0. The van der Waals surface area contributed by atoms with Gasteiger partial charge in [-0.2, -0.15) is 0 Å². The summed E-state index contributed by atoms with van der Waals surface area (Å²) in [6.07, 6.45) is 5.45. The Balaban J connectivity index is 1.88. The van der Waals surface area contributed by atoms with Gasteiger partial charge in [0.1, 0.15) is 0 Å². The summed E-state index contributed by atoms with van der Waals surface area (Å²) in [7, 11) is 0. The van der Waals surface area contributed by atoms with Gasteiger partial charge in [0.25, 0.3) is 0 Å². The van der Waals surface area contributed by atoms with E-state index in [0.29, 0.717) is 11.5 Å². The first-order valence-corrected chi connectivity index (χ1v) is 8.04. The molecule has 0 amide bonds. The third-order valence-corrected chi connectivity index (χ3v) is 5.46. The standard InChI is InChI=1S/C16H27NS/c1-15(2)9-5-7-13(11-15)17-12-16(3,4)14-8-6-10-18-14/h6,8,10,13,17H,5,7,9,11-12H2,1-4H3. The maximum atomic E-state index is 3.81. The average molecular weight is 265 g/mol. The fourth-order valence-corrected chi connectivity index (χ4v) is 3.87. The molecule has 0 radical (unpaired) electrons. The third-order valence-electron chi connectivity index (χ3n) is 4.23. The molecule has 1 aromatic heterocycles. The first kappa shape index (κ1) is 14.1. The normalized spacial score (nSPS) is 24.1. The fraction of sp³-hybridized carbons (Fsp3) is 0.750. The van der Waals surface area contributed by atoms with Crippen molar-refractivity contribution < 1.29 is 0 Å². The van der Waals surface area contributed by atoms with Crippen LogP contribution in [0, 0.1) is 5.41 Å². The zero-order valence-electron chi connectivity index (χ0n) is 12.3. The zero-order valence-corrected chi connectivity index (χ0v) is 13.1. The molecule has 2 heteroatoms. The van der Waals surface area contributed by atoms with Crippen LogP contribution in [0.5, 0.6) is 0 Å². The van der Waals surface area contributed by atoms with Gasteiger partial charge >= 0.3 is 0 Å². The van der Waals surface area contributed by atoms with E-state index >= 15 is 0 Å². The third kappa shape index (κ3) is 3.58. The number of thiophene rings is 1. The number of rotatable bonds is 4. The Morgan fingerprint density at radius 3 is 2.83 bits per heavy atom. The van der Waals surface area contributed by atoms with Crippen molar-refractivity contribution in [1.82, 2.24) is 5.32 Å². The molecule has 0 bridgehead atoms. The molecular formula is C16H27NS. The van der Waals surface area contributed by atoms with E-state index in [1.54, 1.807) is 0 Å². The molecule has 1 fully saturated rings. The van der Waals surface area contributed by atoms with E-state index in [0.717, 1.165) is 6.54 Å². The van der Waals surface area contributed by atoms with Crippen LogP contribution in [0.15, 0.2) is 17.5 Å². The Labute approximate surface area is 116 Å². The second kappa shape index (κ2) is 5.34. The SMILES string of the molecule is CC1(C)CCCC(NCC(C)(C)c2cccs2)C1. The molecule has 1 aromatic rings. The van der Waals surface area contributed by atoms with Gasteiger partial charge < -0.3 is 5.32 Å². The molecule has 1 saturated carbocycles. The van der Waals surface area contributed by atoms with E-state index in [-0.39, 0.29) is 5.41 Å². The van der Waals surface area contributed by atoms with E-state index in [1.165, 1.54) is 30.6 Å². The summed E-state index contributed by atoms with van der Waals surface area (Å²) in [5.74, 6) is 0. The molecule has 1 atom stereocenters. The van der Waals surface area contributed by atoms with Gasteiger partial charge in [-0.15, -0.1) is 11.3 Å². The first-order chi connectivity index (χ1) is 8.39. The van der Waals surface area contributed by atoms with Gasteiger partial charge in [-0.05, 0) is 36.1 Å². The van der Waals surface area contributed by atoms with Gasteiger partial charge in [0.15, 0.2) is 0 Å². The Hall–Kier alpha value is -0.340. The Kier molecular flexibility index (Phi) is 4.18.